The van der Waals surface area contributed by atoms with Crippen molar-refractivity contribution in [2.45, 2.75) is 53.4 Å². The Kier molecular flexibility index (Phi) is 5.10. The number of anilines is 1. The average molecular weight is 380 g/mol. The third kappa shape index (κ3) is 4.13. The summed E-state index contributed by atoms with van der Waals surface area (Å²) in [6.07, 6.45) is 10.5. The van der Waals surface area contributed by atoms with Gasteiger partial charge in [0.15, 0.2) is 5.65 Å². The molecule has 0 amide bonds. The Bertz CT molecular complexity index is 1030. The first-order valence-electron chi connectivity index (χ1n) is 9.46. The number of imidazole rings is 1. The van der Waals surface area contributed by atoms with Gasteiger partial charge in [0.05, 0.1) is 11.4 Å². The molecule has 0 unspecified atom stereocenters. The maximum atomic E-state index is 6.19. The first kappa shape index (κ1) is 19.8. The fourth-order valence-corrected chi connectivity index (χ4v) is 3.10. The van der Waals surface area contributed by atoms with Gasteiger partial charge in [-0.25, -0.2) is 9.50 Å². The minimum atomic E-state index is -0.218. The molecule has 0 aliphatic heterocycles. The summed E-state index contributed by atoms with van der Waals surface area (Å²) in [5, 5.41) is 12.5. The van der Waals surface area contributed by atoms with Crippen molar-refractivity contribution < 1.29 is 0 Å². The first-order chi connectivity index (χ1) is 13.1. The van der Waals surface area contributed by atoms with E-state index < -0.39 is 0 Å². The van der Waals surface area contributed by atoms with Crippen LogP contribution in [0.3, 0.4) is 0 Å². The van der Waals surface area contributed by atoms with Crippen LogP contribution in [0.15, 0.2) is 42.4 Å². The summed E-state index contributed by atoms with van der Waals surface area (Å²) in [6, 6.07) is 3.92. The van der Waals surface area contributed by atoms with Crippen LogP contribution in [0.5, 0.6) is 0 Å². The van der Waals surface area contributed by atoms with Gasteiger partial charge < -0.3 is 5.73 Å². The van der Waals surface area contributed by atoms with E-state index in [4.69, 9.17) is 5.73 Å². The lowest BCUT2D eigenvalue weighted by atomic mass is 9.84. The van der Waals surface area contributed by atoms with Crippen molar-refractivity contribution in [2.24, 2.45) is 5.41 Å². The van der Waals surface area contributed by atoms with Crippen LogP contribution in [-0.4, -0.2) is 29.4 Å². The number of aromatic nitrogens is 6. The summed E-state index contributed by atoms with van der Waals surface area (Å²) in [5.74, 6) is 0.485. The van der Waals surface area contributed by atoms with Crippen LogP contribution in [0.1, 0.15) is 52.9 Å². The van der Waals surface area contributed by atoms with Crippen molar-refractivity contribution in [3.8, 4) is 0 Å². The maximum absolute atomic E-state index is 6.19. The molecule has 7 nitrogen and oxygen atoms in total. The molecule has 7 heteroatoms. The molecule has 0 saturated heterocycles. The van der Waals surface area contributed by atoms with Crippen LogP contribution in [-0.2, 0) is 11.8 Å². The summed E-state index contributed by atoms with van der Waals surface area (Å²) < 4.78 is 3.60. The number of nitrogen functional groups attached to an aromatic ring is 1. The number of nitrogens with zero attached hydrogens (tertiary/aromatic N) is 6. The lowest BCUT2D eigenvalue weighted by Gasteiger charge is -2.22. The first-order valence-corrected chi connectivity index (χ1v) is 9.46. The predicted molar refractivity (Wildman–Crippen MR) is 113 cm³/mol. The van der Waals surface area contributed by atoms with E-state index in [1.54, 1.807) is 10.8 Å². The zero-order valence-electron chi connectivity index (χ0n) is 17.5. The Labute approximate surface area is 166 Å². The van der Waals surface area contributed by atoms with Gasteiger partial charge in [-0.2, -0.15) is 5.10 Å². The fourth-order valence-electron chi connectivity index (χ4n) is 3.10. The molecule has 0 saturated carbocycles. The van der Waals surface area contributed by atoms with Crippen molar-refractivity contribution in [1.29, 1.82) is 0 Å². The van der Waals surface area contributed by atoms with E-state index in [1.165, 1.54) is 5.57 Å². The molecule has 0 aliphatic rings. The predicted octanol–water partition coefficient (Wildman–Crippen LogP) is 3.89. The standard InChI is InChI=1S/C21H29N7/c1-7-8-15(20(2,3)4)12-27-13-16(24-19(27)22)11-21(5,6)17-9-10-18-25-23-14-28(18)26-17/h7-10,12-14H,11H2,1-6H3,(H2,22,24)/b8-7-,15-12+. The van der Waals surface area contributed by atoms with E-state index in [0.717, 1.165) is 17.0 Å². The molecule has 0 radical (unpaired) electrons. The summed E-state index contributed by atoms with van der Waals surface area (Å²) in [7, 11) is 0. The van der Waals surface area contributed by atoms with E-state index in [-0.39, 0.29) is 10.8 Å². The van der Waals surface area contributed by atoms with Gasteiger partial charge in [0.1, 0.15) is 6.33 Å². The number of nitrogens with two attached hydrogens (primary N) is 1. The van der Waals surface area contributed by atoms with Crippen LogP contribution in [0.4, 0.5) is 5.95 Å². The highest BCUT2D eigenvalue weighted by molar-refractivity contribution is 5.47. The number of allylic oxidation sites excluding steroid dienone is 3. The Balaban J connectivity index is 1.89. The molecule has 3 rings (SSSR count). The summed E-state index contributed by atoms with van der Waals surface area (Å²) >= 11 is 0. The topological polar surface area (TPSA) is 86.9 Å². The van der Waals surface area contributed by atoms with E-state index in [2.05, 4.69) is 67.2 Å². The van der Waals surface area contributed by atoms with Crippen LogP contribution < -0.4 is 5.73 Å². The zero-order chi connectivity index (χ0) is 20.5. The molecular formula is C21H29N7. The third-order valence-corrected chi connectivity index (χ3v) is 4.78. The van der Waals surface area contributed by atoms with Gasteiger partial charge in [0, 0.05) is 24.2 Å². The molecule has 2 N–H and O–H groups in total. The summed E-state index contributed by atoms with van der Waals surface area (Å²) in [6.45, 7) is 12.9. The highest BCUT2D eigenvalue weighted by atomic mass is 15.3. The Morgan fingerprint density at radius 3 is 2.61 bits per heavy atom. The van der Waals surface area contributed by atoms with E-state index in [0.29, 0.717) is 12.4 Å². The van der Waals surface area contributed by atoms with Crippen molar-refractivity contribution >= 4 is 17.8 Å². The molecule has 3 heterocycles. The molecule has 3 aromatic heterocycles. The molecule has 3 aromatic rings. The van der Waals surface area contributed by atoms with E-state index in [1.807, 2.05) is 35.9 Å². The molecule has 0 fully saturated rings. The number of fused-ring (bicyclic) bond motifs is 1. The zero-order valence-corrected chi connectivity index (χ0v) is 17.5. The maximum Gasteiger partial charge on any atom is 0.204 e. The SMILES string of the molecule is C/C=C\C(=C/n1cc(CC(C)(C)c2ccc3nncn3n2)nc1N)C(C)(C)C. The quantitative estimate of drug-likeness (QED) is 0.680. The Morgan fingerprint density at radius 2 is 1.93 bits per heavy atom. The lowest BCUT2D eigenvalue weighted by Crippen LogP contribution is -2.23. The van der Waals surface area contributed by atoms with Crippen LogP contribution in [0.2, 0.25) is 0 Å². The molecule has 0 atom stereocenters. The second-order valence-corrected chi connectivity index (χ2v) is 8.75. The Morgan fingerprint density at radius 1 is 1.18 bits per heavy atom. The highest BCUT2D eigenvalue weighted by Gasteiger charge is 2.25. The molecule has 0 bridgehead atoms. The fraction of sp³-hybridized carbons (Fsp3) is 0.429. The molecule has 28 heavy (non-hydrogen) atoms. The largest absolute Gasteiger partial charge is 0.369 e. The van der Waals surface area contributed by atoms with Gasteiger partial charge in [-0.1, -0.05) is 46.8 Å². The van der Waals surface area contributed by atoms with Gasteiger partial charge >= 0.3 is 0 Å². The van der Waals surface area contributed by atoms with Gasteiger partial charge in [-0.3, -0.25) is 4.57 Å². The van der Waals surface area contributed by atoms with E-state index in [9.17, 15) is 0 Å². The number of rotatable bonds is 5. The average Bonchev–Trinajstić information content (AvgIpc) is 3.19. The molecular weight excluding hydrogens is 350 g/mol. The molecule has 0 spiro atoms. The smallest absolute Gasteiger partial charge is 0.204 e. The lowest BCUT2D eigenvalue weighted by molar-refractivity contribution is 0.490. The van der Waals surface area contributed by atoms with Gasteiger partial charge in [-0.15, -0.1) is 10.2 Å². The molecule has 0 aliphatic carbocycles. The monoisotopic (exact) mass is 379 g/mol. The van der Waals surface area contributed by atoms with Gasteiger partial charge in [0.2, 0.25) is 5.95 Å². The van der Waals surface area contributed by atoms with Crippen molar-refractivity contribution in [3.63, 3.8) is 0 Å². The second-order valence-electron chi connectivity index (χ2n) is 8.75. The van der Waals surface area contributed by atoms with Crippen LogP contribution in [0.25, 0.3) is 11.8 Å². The van der Waals surface area contributed by atoms with Crippen molar-refractivity contribution in [1.82, 2.24) is 29.4 Å². The highest BCUT2D eigenvalue weighted by Crippen LogP contribution is 2.29. The number of hydrogen-bond acceptors (Lipinski definition) is 5. The van der Waals surface area contributed by atoms with Crippen molar-refractivity contribution in [3.05, 3.63) is 53.8 Å². The third-order valence-electron chi connectivity index (χ3n) is 4.78. The van der Waals surface area contributed by atoms with E-state index >= 15 is 0 Å². The van der Waals surface area contributed by atoms with Gasteiger partial charge in [0.25, 0.3) is 0 Å². The summed E-state index contributed by atoms with van der Waals surface area (Å²) in [5.41, 5.74) is 9.79. The van der Waals surface area contributed by atoms with Crippen LogP contribution in [0, 0.1) is 5.41 Å². The minimum absolute atomic E-state index is 0.0147. The normalized spacial score (nSPS) is 13.7. The summed E-state index contributed by atoms with van der Waals surface area (Å²) in [4.78, 5) is 4.58. The molecule has 0 aromatic carbocycles. The van der Waals surface area contributed by atoms with Crippen LogP contribution >= 0.6 is 0 Å². The van der Waals surface area contributed by atoms with Crippen molar-refractivity contribution in [2.75, 3.05) is 5.73 Å². The Hall–Kier alpha value is -2.96. The molecule has 148 valence electrons. The minimum Gasteiger partial charge on any atom is -0.369 e. The second kappa shape index (κ2) is 7.22. The number of hydrogen-bond donors (Lipinski definition) is 1. The van der Waals surface area contributed by atoms with Gasteiger partial charge in [-0.05, 0) is 30.0 Å².